The summed E-state index contributed by atoms with van der Waals surface area (Å²) in [5.41, 5.74) is -0.837. The molecule has 1 aliphatic heterocycles. The van der Waals surface area contributed by atoms with Crippen molar-refractivity contribution >= 4 is 5.91 Å². The summed E-state index contributed by atoms with van der Waals surface area (Å²) in [5.74, 6) is 0.0499. The van der Waals surface area contributed by atoms with Crippen LogP contribution in [0, 0.1) is 0 Å². The van der Waals surface area contributed by atoms with Gasteiger partial charge in [-0.15, -0.1) is 0 Å². The minimum absolute atomic E-state index is 0.0499. The highest BCUT2D eigenvalue weighted by molar-refractivity contribution is 5.75. The van der Waals surface area contributed by atoms with Crippen molar-refractivity contribution in [3.8, 4) is 0 Å². The van der Waals surface area contributed by atoms with Crippen LogP contribution < -0.4 is 5.32 Å². The molecule has 1 fully saturated rings. The van der Waals surface area contributed by atoms with Gasteiger partial charge in [-0.1, -0.05) is 45.4 Å². The Morgan fingerprint density at radius 2 is 1.89 bits per heavy atom. The van der Waals surface area contributed by atoms with E-state index >= 15 is 0 Å². The normalized spacial score (nSPS) is 22.6. The quantitative estimate of drug-likeness (QED) is 0.600. The lowest BCUT2D eigenvalue weighted by Crippen LogP contribution is -2.43. The van der Waals surface area contributed by atoms with Crippen molar-refractivity contribution < 1.29 is 14.6 Å². The van der Waals surface area contributed by atoms with Gasteiger partial charge in [0.1, 0.15) is 5.60 Å². The van der Waals surface area contributed by atoms with Gasteiger partial charge in [-0.05, 0) is 6.42 Å². The number of amides is 1. The van der Waals surface area contributed by atoms with Crippen molar-refractivity contribution in [2.24, 2.45) is 0 Å². The van der Waals surface area contributed by atoms with Crippen molar-refractivity contribution in [3.05, 3.63) is 0 Å². The number of hydrogen-bond acceptors (Lipinski definition) is 3. The molecule has 1 heterocycles. The molecule has 4 nitrogen and oxygen atoms in total. The van der Waals surface area contributed by atoms with E-state index in [0.717, 1.165) is 12.8 Å². The second kappa shape index (κ2) is 9.32. The molecule has 4 heteroatoms. The molecule has 1 atom stereocenters. The predicted octanol–water partition coefficient (Wildman–Crippen LogP) is 2.39. The molecule has 0 radical (unpaired) electrons. The minimum atomic E-state index is -0.837. The van der Waals surface area contributed by atoms with Gasteiger partial charge >= 0.3 is 0 Å². The molecular formula is C15H29NO3. The topological polar surface area (TPSA) is 58.6 Å². The fourth-order valence-electron chi connectivity index (χ4n) is 2.33. The number of ether oxygens (including phenoxy) is 1. The Morgan fingerprint density at radius 3 is 2.53 bits per heavy atom. The maximum absolute atomic E-state index is 11.6. The molecule has 19 heavy (non-hydrogen) atoms. The Hall–Kier alpha value is -0.610. The van der Waals surface area contributed by atoms with Crippen molar-refractivity contribution in [1.29, 1.82) is 0 Å². The molecule has 0 bridgehead atoms. The second-order valence-corrected chi connectivity index (χ2v) is 5.67. The summed E-state index contributed by atoms with van der Waals surface area (Å²) in [4.78, 5) is 11.6. The Balaban J connectivity index is 1.93. The van der Waals surface area contributed by atoms with E-state index in [4.69, 9.17) is 4.74 Å². The van der Waals surface area contributed by atoms with E-state index in [-0.39, 0.29) is 5.91 Å². The van der Waals surface area contributed by atoms with Gasteiger partial charge in [0.25, 0.3) is 0 Å². The predicted molar refractivity (Wildman–Crippen MR) is 76.0 cm³/mol. The first-order valence-corrected chi connectivity index (χ1v) is 7.73. The maximum atomic E-state index is 11.6. The molecule has 1 aliphatic rings. The lowest BCUT2D eigenvalue weighted by Gasteiger charge is -2.20. The largest absolute Gasteiger partial charge is 0.386 e. The van der Waals surface area contributed by atoms with Gasteiger partial charge in [0, 0.05) is 26.0 Å². The van der Waals surface area contributed by atoms with Crippen molar-refractivity contribution in [3.63, 3.8) is 0 Å². The van der Waals surface area contributed by atoms with Crippen LogP contribution in [-0.2, 0) is 9.53 Å². The van der Waals surface area contributed by atoms with Crippen LogP contribution in [-0.4, -0.2) is 36.4 Å². The summed E-state index contributed by atoms with van der Waals surface area (Å²) in [7, 11) is 0. The van der Waals surface area contributed by atoms with Crippen molar-refractivity contribution in [2.45, 2.75) is 70.3 Å². The van der Waals surface area contributed by atoms with Gasteiger partial charge in [0.15, 0.2) is 0 Å². The average molecular weight is 271 g/mol. The molecule has 2 N–H and O–H groups in total. The van der Waals surface area contributed by atoms with Crippen LogP contribution in [0.4, 0.5) is 0 Å². The molecule has 0 aromatic rings. The van der Waals surface area contributed by atoms with Crippen LogP contribution in [0.2, 0.25) is 0 Å². The van der Waals surface area contributed by atoms with Gasteiger partial charge in [0.2, 0.25) is 5.91 Å². The highest BCUT2D eigenvalue weighted by Gasteiger charge is 2.32. The fourth-order valence-corrected chi connectivity index (χ4v) is 2.33. The van der Waals surface area contributed by atoms with Crippen LogP contribution in [0.25, 0.3) is 0 Å². The summed E-state index contributed by atoms with van der Waals surface area (Å²) in [6.07, 6.45) is 9.69. The maximum Gasteiger partial charge on any atom is 0.220 e. The zero-order valence-electron chi connectivity index (χ0n) is 12.2. The fraction of sp³-hybridized carbons (Fsp3) is 0.933. The van der Waals surface area contributed by atoms with E-state index in [1.165, 1.54) is 32.1 Å². The standard InChI is InChI=1S/C15H29NO3/c1-2-3-4-5-6-7-8-9-14(17)16-12-15(18)10-11-19-13-15/h18H,2-13H2,1H3,(H,16,17). The first kappa shape index (κ1) is 16.4. The number of carbonyl (C=O) groups excluding carboxylic acids is 1. The first-order valence-electron chi connectivity index (χ1n) is 7.73. The van der Waals surface area contributed by atoms with Crippen molar-refractivity contribution in [1.82, 2.24) is 5.32 Å². The number of aliphatic hydroxyl groups is 1. The summed E-state index contributed by atoms with van der Waals surface area (Å²) in [6.45, 7) is 3.46. The van der Waals surface area contributed by atoms with E-state index in [1.54, 1.807) is 0 Å². The van der Waals surface area contributed by atoms with Crippen LogP contribution >= 0.6 is 0 Å². The lowest BCUT2D eigenvalue weighted by atomic mass is 10.0. The van der Waals surface area contributed by atoms with Crippen LogP contribution in [0.3, 0.4) is 0 Å². The Kier molecular flexibility index (Phi) is 8.07. The smallest absolute Gasteiger partial charge is 0.220 e. The molecule has 1 amide bonds. The molecule has 112 valence electrons. The summed E-state index contributed by atoms with van der Waals surface area (Å²) in [5, 5.41) is 12.8. The lowest BCUT2D eigenvalue weighted by molar-refractivity contribution is -0.122. The van der Waals surface area contributed by atoms with Crippen LogP contribution in [0.5, 0.6) is 0 Å². The highest BCUT2D eigenvalue weighted by Crippen LogP contribution is 2.17. The molecule has 1 rings (SSSR count). The molecular weight excluding hydrogens is 242 g/mol. The van der Waals surface area contributed by atoms with Crippen LogP contribution in [0.15, 0.2) is 0 Å². The van der Waals surface area contributed by atoms with Gasteiger partial charge < -0.3 is 15.2 Å². The SMILES string of the molecule is CCCCCCCCCC(=O)NCC1(O)CCOC1. The molecule has 1 unspecified atom stereocenters. The van der Waals surface area contributed by atoms with E-state index in [2.05, 4.69) is 12.2 Å². The monoisotopic (exact) mass is 271 g/mol. The minimum Gasteiger partial charge on any atom is -0.386 e. The van der Waals surface area contributed by atoms with E-state index in [0.29, 0.717) is 32.6 Å². The summed E-state index contributed by atoms with van der Waals surface area (Å²) >= 11 is 0. The van der Waals surface area contributed by atoms with E-state index < -0.39 is 5.60 Å². The summed E-state index contributed by atoms with van der Waals surface area (Å²) < 4.78 is 5.14. The Bertz CT molecular complexity index is 250. The first-order chi connectivity index (χ1) is 9.16. The van der Waals surface area contributed by atoms with Gasteiger partial charge in [-0.25, -0.2) is 0 Å². The van der Waals surface area contributed by atoms with Gasteiger partial charge in [-0.3, -0.25) is 4.79 Å². The summed E-state index contributed by atoms with van der Waals surface area (Å²) in [6, 6.07) is 0. The average Bonchev–Trinajstić information content (AvgIpc) is 2.83. The highest BCUT2D eigenvalue weighted by atomic mass is 16.5. The Labute approximate surface area is 116 Å². The van der Waals surface area contributed by atoms with Gasteiger partial charge in [0.05, 0.1) is 6.61 Å². The number of rotatable bonds is 10. The zero-order chi connectivity index (χ0) is 14.0. The number of carbonyl (C=O) groups is 1. The number of nitrogens with one attached hydrogen (secondary N) is 1. The molecule has 0 aromatic heterocycles. The molecule has 1 saturated heterocycles. The second-order valence-electron chi connectivity index (χ2n) is 5.67. The Morgan fingerprint density at radius 1 is 1.21 bits per heavy atom. The molecule has 0 spiro atoms. The third-order valence-electron chi connectivity index (χ3n) is 3.70. The number of unbranched alkanes of at least 4 members (excludes halogenated alkanes) is 6. The molecule has 0 aliphatic carbocycles. The van der Waals surface area contributed by atoms with Gasteiger partial charge in [-0.2, -0.15) is 0 Å². The third-order valence-corrected chi connectivity index (χ3v) is 3.70. The van der Waals surface area contributed by atoms with E-state index in [1.807, 2.05) is 0 Å². The third kappa shape index (κ3) is 7.53. The molecule has 0 saturated carbocycles. The number of hydrogen-bond donors (Lipinski definition) is 2. The molecule has 0 aromatic carbocycles. The van der Waals surface area contributed by atoms with Crippen LogP contribution in [0.1, 0.15) is 64.7 Å². The zero-order valence-corrected chi connectivity index (χ0v) is 12.2. The van der Waals surface area contributed by atoms with E-state index in [9.17, 15) is 9.90 Å². The van der Waals surface area contributed by atoms with Crippen molar-refractivity contribution in [2.75, 3.05) is 19.8 Å².